The molecule has 7 nitrogen and oxygen atoms in total. The van der Waals surface area contributed by atoms with Gasteiger partial charge in [-0.1, -0.05) is 54.2 Å². The maximum atomic E-state index is 11.1. The minimum absolute atomic E-state index is 0.0584. The topological polar surface area (TPSA) is 90.5 Å². The number of quaternary nitrogens is 1. The Balaban J connectivity index is 1.67. The van der Waals surface area contributed by atoms with Crippen molar-refractivity contribution in [2.24, 2.45) is 0 Å². The van der Waals surface area contributed by atoms with Crippen molar-refractivity contribution < 1.29 is 10.4 Å². The van der Waals surface area contributed by atoms with Gasteiger partial charge in [0.15, 0.2) is 11.5 Å². The summed E-state index contributed by atoms with van der Waals surface area (Å²) in [4.78, 5) is 0. The zero-order valence-corrected chi connectivity index (χ0v) is 12.7. The van der Waals surface area contributed by atoms with Gasteiger partial charge in [0.05, 0.1) is 0 Å². The van der Waals surface area contributed by atoms with Crippen molar-refractivity contribution in [3.05, 3.63) is 65.4 Å². The third-order valence-electron chi connectivity index (χ3n) is 3.57. The molecule has 3 N–H and O–H groups in total. The summed E-state index contributed by atoms with van der Waals surface area (Å²) in [6.07, 6.45) is 0. The second-order valence-electron chi connectivity index (χ2n) is 5.07. The average molecular weight is 327 g/mol. The molecule has 1 aliphatic heterocycles. The SMILES string of the molecule is [O-][NH+](O)c1cccc(-c2nnc3n2N[C@@H](c2ccccc2)S3)c1. The molecule has 0 spiro atoms. The predicted molar refractivity (Wildman–Crippen MR) is 85.6 cm³/mol. The smallest absolute Gasteiger partial charge is 0.212 e. The molecule has 1 aromatic heterocycles. The highest BCUT2D eigenvalue weighted by molar-refractivity contribution is 7.99. The molecule has 8 heteroatoms. The monoisotopic (exact) mass is 327 g/mol. The molecule has 4 rings (SSSR count). The van der Waals surface area contributed by atoms with Crippen LogP contribution in [0.1, 0.15) is 10.9 Å². The summed E-state index contributed by atoms with van der Waals surface area (Å²) in [6.45, 7) is 0. The molecule has 0 radical (unpaired) electrons. The zero-order chi connectivity index (χ0) is 15.8. The molecule has 2 aromatic carbocycles. The largest absolute Gasteiger partial charge is 0.595 e. The first-order valence-electron chi connectivity index (χ1n) is 6.99. The summed E-state index contributed by atoms with van der Waals surface area (Å²) in [5, 5.41) is 28.5. The Morgan fingerprint density at radius 3 is 2.74 bits per heavy atom. The first-order chi connectivity index (χ1) is 11.2. The van der Waals surface area contributed by atoms with Gasteiger partial charge < -0.3 is 10.6 Å². The van der Waals surface area contributed by atoms with Gasteiger partial charge in [0.2, 0.25) is 5.16 Å². The Morgan fingerprint density at radius 2 is 1.96 bits per heavy atom. The van der Waals surface area contributed by atoms with E-state index >= 15 is 0 Å². The molecule has 0 saturated heterocycles. The van der Waals surface area contributed by atoms with Gasteiger partial charge >= 0.3 is 0 Å². The second kappa shape index (κ2) is 5.67. The molecule has 0 amide bonds. The van der Waals surface area contributed by atoms with E-state index in [2.05, 4.69) is 27.8 Å². The average Bonchev–Trinajstić information content (AvgIpc) is 3.16. The zero-order valence-electron chi connectivity index (χ0n) is 11.9. The summed E-state index contributed by atoms with van der Waals surface area (Å²) < 4.78 is 1.81. The van der Waals surface area contributed by atoms with Gasteiger partial charge in [-0.05, 0) is 5.56 Å². The van der Waals surface area contributed by atoms with Crippen molar-refractivity contribution >= 4 is 17.4 Å². The number of aromatic nitrogens is 3. The van der Waals surface area contributed by atoms with Crippen LogP contribution in [0.25, 0.3) is 11.4 Å². The van der Waals surface area contributed by atoms with Crippen molar-refractivity contribution in [2.75, 3.05) is 5.43 Å². The Labute approximate surface area is 136 Å². The summed E-state index contributed by atoms with van der Waals surface area (Å²) >= 11 is 1.58. The summed E-state index contributed by atoms with van der Waals surface area (Å²) in [5.74, 6) is 0.606. The predicted octanol–water partition coefficient (Wildman–Crippen LogP) is 1.70. The van der Waals surface area contributed by atoms with Crippen molar-refractivity contribution in [2.45, 2.75) is 10.5 Å². The van der Waals surface area contributed by atoms with Crippen LogP contribution in [0.15, 0.2) is 59.8 Å². The van der Waals surface area contributed by atoms with Crippen LogP contribution in [-0.2, 0) is 0 Å². The summed E-state index contributed by atoms with van der Waals surface area (Å²) in [7, 11) is 0. The fraction of sp³-hybridized carbons (Fsp3) is 0.0667. The van der Waals surface area contributed by atoms with Gasteiger partial charge in [-0.2, -0.15) is 5.23 Å². The van der Waals surface area contributed by atoms with Crippen LogP contribution in [0, 0.1) is 5.21 Å². The molecule has 0 saturated carbocycles. The van der Waals surface area contributed by atoms with E-state index in [1.54, 1.807) is 30.0 Å². The van der Waals surface area contributed by atoms with Gasteiger partial charge in [-0.25, -0.2) is 9.88 Å². The third kappa shape index (κ3) is 2.57. The molecule has 2 atom stereocenters. The molecule has 116 valence electrons. The molecule has 1 aliphatic rings. The third-order valence-corrected chi connectivity index (χ3v) is 4.66. The Hall–Kier alpha value is -2.39. The van der Waals surface area contributed by atoms with Crippen molar-refractivity contribution in [3.63, 3.8) is 0 Å². The van der Waals surface area contributed by atoms with Crippen LogP contribution < -0.4 is 10.7 Å². The Kier molecular flexibility index (Phi) is 3.50. The van der Waals surface area contributed by atoms with Crippen LogP contribution in [0.5, 0.6) is 0 Å². The lowest BCUT2D eigenvalue weighted by molar-refractivity contribution is -0.991. The summed E-state index contributed by atoms with van der Waals surface area (Å²) in [6, 6.07) is 16.8. The quantitative estimate of drug-likeness (QED) is 0.634. The molecular weight excluding hydrogens is 314 g/mol. The van der Waals surface area contributed by atoms with E-state index in [1.165, 1.54) is 0 Å². The second-order valence-corrected chi connectivity index (χ2v) is 6.14. The van der Waals surface area contributed by atoms with Gasteiger partial charge in [-0.3, -0.25) is 0 Å². The molecule has 0 aliphatic carbocycles. The number of rotatable bonds is 3. The molecule has 2 heterocycles. The number of hydrogen-bond donors (Lipinski definition) is 3. The Bertz CT molecular complexity index is 837. The van der Waals surface area contributed by atoms with Gasteiger partial charge in [-0.15, -0.1) is 10.2 Å². The maximum absolute atomic E-state index is 11.1. The minimum Gasteiger partial charge on any atom is -0.595 e. The van der Waals surface area contributed by atoms with E-state index in [9.17, 15) is 5.21 Å². The molecule has 23 heavy (non-hydrogen) atoms. The minimum atomic E-state index is -0.961. The first kappa shape index (κ1) is 14.2. The lowest BCUT2D eigenvalue weighted by Crippen LogP contribution is -2.99. The standard InChI is InChI=1S/C15H13N5O2S/c21-20(22)12-8-4-7-11(9-12)13-16-17-15-19(13)18-14(23-15)10-5-2-1-3-6-10/h1-9,14,18,20-21H/t14-/m1/s1. The highest BCUT2D eigenvalue weighted by atomic mass is 32.2. The van der Waals surface area contributed by atoms with Crippen LogP contribution >= 0.6 is 11.8 Å². The molecule has 0 fully saturated rings. The van der Waals surface area contributed by atoms with Gasteiger partial charge in [0.1, 0.15) is 5.37 Å². The van der Waals surface area contributed by atoms with Gasteiger partial charge in [0.25, 0.3) is 0 Å². The van der Waals surface area contributed by atoms with E-state index in [-0.39, 0.29) is 11.1 Å². The first-order valence-corrected chi connectivity index (χ1v) is 7.87. The van der Waals surface area contributed by atoms with E-state index in [0.29, 0.717) is 11.4 Å². The van der Waals surface area contributed by atoms with Crippen molar-refractivity contribution in [1.29, 1.82) is 0 Å². The van der Waals surface area contributed by atoms with Gasteiger partial charge in [0, 0.05) is 17.7 Å². The number of fused-ring (bicyclic) bond motifs is 1. The van der Waals surface area contributed by atoms with Crippen LogP contribution in [0.2, 0.25) is 0 Å². The fourth-order valence-corrected chi connectivity index (χ4v) is 3.46. The van der Waals surface area contributed by atoms with Crippen LogP contribution in [0.3, 0.4) is 0 Å². The Morgan fingerprint density at radius 1 is 1.13 bits per heavy atom. The van der Waals surface area contributed by atoms with E-state index in [1.807, 2.05) is 28.9 Å². The van der Waals surface area contributed by atoms with Crippen molar-refractivity contribution in [1.82, 2.24) is 14.9 Å². The normalized spacial score (nSPS) is 17.6. The number of nitrogens with zero attached hydrogens (tertiary/aromatic N) is 3. The highest BCUT2D eigenvalue weighted by Crippen LogP contribution is 2.40. The molecule has 3 aromatic rings. The molecule has 0 bridgehead atoms. The highest BCUT2D eigenvalue weighted by Gasteiger charge is 2.28. The van der Waals surface area contributed by atoms with E-state index < -0.39 is 5.23 Å². The number of nitrogens with one attached hydrogen (secondary N) is 2. The van der Waals surface area contributed by atoms with Crippen LogP contribution in [0.4, 0.5) is 5.69 Å². The van der Waals surface area contributed by atoms with Crippen LogP contribution in [-0.4, -0.2) is 20.1 Å². The van der Waals surface area contributed by atoms with E-state index in [4.69, 9.17) is 5.21 Å². The van der Waals surface area contributed by atoms with E-state index in [0.717, 1.165) is 10.7 Å². The molecule has 1 unspecified atom stereocenters. The lowest BCUT2D eigenvalue weighted by atomic mass is 10.2. The summed E-state index contributed by atoms with van der Waals surface area (Å²) in [5.41, 5.74) is 5.44. The number of thioether (sulfide) groups is 1. The molecular formula is C15H13N5O2S. The number of benzene rings is 2. The lowest BCUT2D eigenvalue weighted by Gasteiger charge is -2.13. The van der Waals surface area contributed by atoms with Crippen molar-refractivity contribution in [3.8, 4) is 11.4 Å². The number of hydrogen-bond acceptors (Lipinski definition) is 6. The fourth-order valence-electron chi connectivity index (χ4n) is 2.46. The maximum Gasteiger partial charge on any atom is 0.212 e.